The van der Waals surface area contributed by atoms with Crippen molar-refractivity contribution in [2.24, 2.45) is 0 Å². The van der Waals surface area contributed by atoms with Crippen LogP contribution in [-0.4, -0.2) is 37.7 Å². The zero-order valence-electron chi connectivity index (χ0n) is 13.0. The fourth-order valence-electron chi connectivity index (χ4n) is 3.35. The predicted molar refractivity (Wildman–Crippen MR) is 85.1 cm³/mol. The van der Waals surface area contributed by atoms with E-state index in [2.05, 4.69) is 20.1 Å². The summed E-state index contributed by atoms with van der Waals surface area (Å²) >= 11 is 0. The summed E-state index contributed by atoms with van der Waals surface area (Å²) in [4.78, 5) is 18.9. The fraction of sp³-hybridized carbons (Fsp3) is 0.438. The number of benzene rings is 1. The highest BCUT2D eigenvalue weighted by Gasteiger charge is 2.29. The molecule has 0 aliphatic carbocycles. The van der Waals surface area contributed by atoms with Crippen LogP contribution in [0.3, 0.4) is 0 Å². The zero-order valence-corrected chi connectivity index (χ0v) is 13.0. The number of fused-ring (bicyclic) bond motifs is 1. The van der Waals surface area contributed by atoms with Gasteiger partial charge in [-0.15, -0.1) is 0 Å². The van der Waals surface area contributed by atoms with E-state index >= 15 is 0 Å². The molecular formula is C16H19N5O2. The van der Waals surface area contributed by atoms with Crippen LogP contribution in [0, 0.1) is 6.92 Å². The van der Waals surface area contributed by atoms with Gasteiger partial charge in [-0.3, -0.25) is 14.6 Å². The molecular weight excluding hydrogens is 294 g/mol. The third-order valence-electron chi connectivity index (χ3n) is 4.46. The predicted octanol–water partition coefficient (Wildman–Crippen LogP) is 1.86. The average molecular weight is 313 g/mol. The summed E-state index contributed by atoms with van der Waals surface area (Å²) in [5.41, 5.74) is 1.49. The molecule has 0 spiro atoms. The molecule has 0 unspecified atom stereocenters. The molecule has 0 radical (unpaired) electrons. The van der Waals surface area contributed by atoms with E-state index < -0.39 is 0 Å². The molecule has 3 aromatic rings. The molecule has 2 aromatic heterocycles. The van der Waals surface area contributed by atoms with Gasteiger partial charge in [0.2, 0.25) is 0 Å². The molecule has 1 atom stereocenters. The molecule has 3 heterocycles. The largest absolute Gasteiger partial charge is 0.419 e. The molecule has 1 N–H and O–H groups in total. The van der Waals surface area contributed by atoms with E-state index in [1.807, 2.05) is 31.2 Å². The van der Waals surface area contributed by atoms with Crippen LogP contribution in [0.2, 0.25) is 0 Å². The lowest BCUT2D eigenvalue weighted by molar-refractivity contribution is 0.237. The standard InChI is InChI=1S/C16H19N5O2/c1-11-17-15(19-18-11)13-6-4-8-20(13)9-10-21-12-5-2-3-7-14(12)23-16(21)22/h2-3,5,7,13H,4,6,8-10H2,1H3,(H,17,18,19)/t13-/m1/s1. The molecule has 23 heavy (non-hydrogen) atoms. The Morgan fingerprint density at radius 2 is 2.22 bits per heavy atom. The first-order chi connectivity index (χ1) is 11.2. The van der Waals surface area contributed by atoms with Crippen molar-refractivity contribution in [2.45, 2.75) is 32.4 Å². The number of oxazole rings is 1. The van der Waals surface area contributed by atoms with Crippen molar-refractivity contribution < 1.29 is 4.42 Å². The van der Waals surface area contributed by atoms with Crippen LogP contribution in [0.1, 0.15) is 30.5 Å². The summed E-state index contributed by atoms with van der Waals surface area (Å²) in [6.07, 6.45) is 2.18. The molecule has 120 valence electrons. The third-order valence-corrected chi connectivity index (χ3v) is 4.46. The Kier molecular flexibility index (Phi) is 3.49. The van der Waals surface area contributed by atoms with Crippen LogP contribution in [-0.2, 0) is 6.54 Å². The van der Waals surface area contributed by atoms with E-state index in [0.717, 1.165) is 43.1 Å². The number of nitrogens with zero attached hydrogens (tertiary/aromatic N) is 4. The molecule has 1 aliphatic heterocycles. The number of para-hydroxylation sites is 2. The van der Waals surface area contributed by atoms with E-state index in [0.29, 0.717) is 12.1 Å². The highest BCUT2D eigenvalue weighted by Crippen LogP contribution is 2.29. The number of aryl methyl sites for hydroxylation is 1. The summed E-state index contributed by atoms with van der Waals surface area (Å²) < 4.78 is 6.99. The molecule has 1 aromatic carbocycles. The summed E-state index contributed by atoms with van der Waals surface area (Å²) in [6, 6.07) is 7.76. The van der Waals surface area contributed by atoms with Gasteiger partial charge in [-0.05, 0) is 38.4 Å². The van der Waals surface area contributed by atoms with Crippen LogP contribution in [0.4, 0.5) is 0 Å². The van der Waals surface area contributed by atoms with Gasteiger partial charge in [0.05, 0.1) is 11.6 Å². The first kappa shape index (κ1) is 14.2. The Bertz CT molecular complexity index is 878. The molecule has 0 amide bonds. The third kappa shape index (κ3) is 2.57. The molecule has 1 saturated heterocycles. The van der Waals surface area contributed by atoms with Crippen molar-refractivity contribution in [3.63, 3.8) is 0 Å². The summed E-state index contributed by atoms with van der Waals surface area (Å²) in [5, 5.41) is 7.21. The lowest BCUT2D eigenvalue weighted by atomic mass is 10.2. The number of nitrogens with one attached hydrogen (secondary N) is 1. The summed E-state index contributed by atoms with van der Waals surface area (Å²) in [5.74, 6) is 1.39. The van der Waals surface area contributed by atoms with Crippen molar-refractivity contribution in [2.75, 3.05) is 13.1 Å². The van der Waals surface area contributed by atoms with E-state index in [-0.39, 0.29) is 11.8 Å². The first-order valence-electron chi connectivity index (χ1n) is 7.94. The Hall–Kier alpha value is -2.41. The van der Waals surface area contributed by atoms with Gasteiger partial charge >= 0.3 is 5.76 Å². The second kappa shape index (κ2) is 5.66. The van der Waals surface area contributed by atoms with Crippen molar-refractivity contribution >= 4 is 11.1 Å². The van der Waals surface area contributed by atoms with Crippen LogP contribution in [0.25, 0.3) is 11.1 Å². The number of hydrogen-bond acceptors (Lipinski definition) is 5. The van der Waals surface area contributed by atoms with Gasteiger partial charge < -0.3 is 4.42 Å². The van der Waals surface area contributed by atoms with E-state index in [1.54, 1.807) is 4.57 Å². The van der Waals surface area contributed by atoms with Gasteiger partial charge in [0, 0.05) is 13.1 Å². The van der Waals surface area contributed by atoms with Crippen molar-refractivity contribution in [1.29, 1.82) is 0 Å². The van der Waals surface area contributed by atoms with Gasteiger partial charge in [-0.25, -0.2) is 9.78 Å². The Labute approximate surface area is 132 Å². The summed E-state index contributed by atoms with van der Waals surface area (Å²) in [6.45, 7) is 4.30. The summed E-state index contributed by atoms with van der Waals surface area (Å²) in [7, 11) is 0. The number of H-pyrrole nitrogens is 1. The van der Waals surface area contributed by atoms with E-state index in [1.165, 1.54) is 0 Å². The van der Waals surface area contributed by atoms with Crippen LogP contribution < -0.4 is 5.76 Å². The lowest BCUT2D eigenvalue weighted by Gasteiger charge is -2.22. The highest BCUT2D eigenvalue weighted by molar-refractivity contribution is 5.72. The molecule has 0 bridgehead atoms. The zero-order chi connectivity index (χ0) is 15.8. The van der Waals surface area contributed by atoms with Gasteiger partial charge in [0.15, 0.2) is 11.4 Å². The number of likely N-dealkylation sites (tertiary alicyclic amines) is 1. The first-order valence-corrected chi connectivity index (χ1v) is 7.94. The normalized spacial score (nSPS) is 18.9. The van der Waals surface area contributed by atoms with Gasteiger partial charge in [-0.1, -0.05) is 12.1 Å². The molecule has 7 nitrogen and oxygen atoms in total. The maximum atomic E-state index is 12.0. The number of aromatic nitrogens is 4. The minimum atomic E-state index is -0.296. The average Bonchev–Trinajstić information content (AvgIpc) is 3.23. The van der Waals surface area contributed by atoms with Crippen molar-refractivity contribution in [3.05, 3.63) is 46.5 Å². The van der Waals surface area contributed by atoms with E-state index in [9.17, 15) is 4.79 Å². The SMILES string of the molecule is Cc1nc([C@H]2CCCN2CCn2c(=O)oc3ccccc32)n[nH]1. The Morgan fingerprint density at radius 1 is 1.35 bits per heavy atom. The van der Waals surface area contributed by atoms with Gasteiger partial charge in [0.1, 0.15) is 5.82 Å². The van der Waals surface area contributed by atoms with Crippen molar-refractivity contribution in [1.82, 2.24) is 24.6 Å². The van der Waals surface area contributed by atoms with Crippen LogP contribution in [0.15, 0.2) is 33.5 Å². The number of rotatable bonds is 4. The molecule has 1 aliphatic rings. The topological polar surface area (TPSA) is 79.9 Å². The maximum Gasteiger partial charge on any atom is 0.419 e. The Morgan fingerprint density at radius 3 is 3.04 bits per heavy atom. The lowest BCUT2D eigenvalue weighted by Crippen LogP contribution is -2.30. The molecule has 0 saturated carbocycles. The maximum absolute atomic E-state index is 12.0. The van der Waals surface area contributed by atoms with Gasteiger partial charge in [-0.2, -0.15) is 5.10 Å². The molecule has 4 rings (SSSR count). The Balaban J connectivity index is 1.53. The minimum Gasteiger partial charge on any atom is -0.408 e. The second-order valence-corrected chi connectivity index (χ2v) is 5.96. The molecule has 1 fully saturated rings. The monoisotopic (exact) mass is 313 g/mol. The van der Waals surface area contributed by atoms with Crippen molar-refractivity contribution in [3.8, 4) is 0 Å². The molecule has 7 heteroatoms. The fourth-order valence-corrected chi connectivity index (χ4v) is 3.35. The number of aromatic amines is 1. The minimum absolute atomic E-state index is 0.230. The highest BCUT2D eigenvalue weighted by atomic mass is 16.4. The van der Waals surface area contributed by atoms with Crippen LogP contribution in [0.5, 0.6) is 0 Å². The second-order valence-electron chi connectivity index (χ2n) is 5.96. The van der Waals surface area contributed by atoms with Crippen LogP contribution >= 0.6 is 0 Å². The quantitative estimate of drug-likeness (QED) is 0.795. The smallest absolute Gasteiger partial charge is 0.408 e. The number of hydrogen-bond donors (Lipinski definition) is 1. The van der Waals surface area contributed by atoms with E-state index in [4.69, 9.17) is 4.42 Å². The van der Waals surface area contributed by atoms with Gasteiger partial charge in [0.25, 0.3) is 0 Å².